The zero-order valence-electron chi connectivity index (χ0n) is 10.2. The standard InChI is InChI=1S/C12H8Cl2N2O4/c1-15-10(18)11(19)16(12(15)20)5-9(17)7-4-6(13)2-3-8(7)14/h2-4H,5H2,1H3. The van der Waals surface area contributed by atoms with Crippen LogP contribution in [0, 0.1) is 0 Å². The topological polar surface area (TPSA) is 74.8 Å². The Morgan fingerprint density at radius 3 is 2.35 bits per heavy atom. The largest absolute Gasteiger partial charge is 0.334 e. The molecule has 0 atom stereocenters. The van der Waals surface area contributed by atoms with Crippen LogP contribution in [0.2, 0.25) is 10.0 Å². The Morgan fingerprint density at radius 2 is 1.80 bits per heavy atom. The van der Waals surface area contributed by atoms with Crippen LogP contribution in [0.15, 0.2) is 18.2 Å². The summed E-state index contributed by atoms with van der Waals surface area (Å²) in [6, 6.07) is 3.43. The molecule has 0 N–H and O–H groups in total. The van der Waals surface area contributed by atoms with Gasteiger partial charge in [0.25, 0.3) is 0 Å². The summed E-state index contributed by atoms with van der Waals surface area (Å²) < 4.78 is 0. The van der Waals surface area contributed by atoms with Gasteiger partial charge in [0.15, 0.2) is 5.78 Å². The molecule has 1 aliphatic rings. The van der Waals surface area contributed by atoms with Gasteiger partial charge in [-0.3, -0.25) is 19.3 Å². The highest BCUT2D eigenvalue weighted by atomic mass is 35.5. The maximum atomic E-state index is 12.1. The highest BCUT2D eigenvalue weighted by molar-refractivity contribution is 6.45. The summed E-state index contributed by atoms with van der Waals surface area (Å²) in [7, 11) is 1.17. The average Bonchev–Trinajstić information content (AvgIpc) is 2.59. The summed E-state index contributed by atoms with van der Waals surface area (Å²) in [4.78, 5) is 47.8. The number of nitrogens with zero attached hydrogens (tertiary/aromatic N) is 2. The Hall–Kier alpha value is -1.92. The molecule has 1 heterocycles. The van der Waals surface area contributed by atoms with Crippen LogP contribution in [-0.2, 0) is 9.59 Å². The van der Waals surface area contributed by atoms with E-state index in [2.05, 4.69) is 0 Å². The molecule has 1 aromatic rings. The number of carbonyl (C=O) groups excluding carboxylic acids is 4. The van der Waals surface area contributed by atoms with Gasteiger partial charge in [-0.1, -0.05) is 23.2 Å². The molecule has 104 valence electrons. The summed E-state index contributed by atoms with van der Waals surface area (Å²) in [5.41, 5.74) is 0.0850. The van der Waals surface area contributed by atoms with Crippen molar-refractivity contribution in [2.24, 2.45) is 0 Å². The molecule has 0 radical (unpaired) electrons. The van der Waals surface area contributed by atoms with Gasteiger partial charge in [-0.15, -0.1) is 0 Å². The van der Waals surface area contributed by atoms with E-state index in [1.807, 2.05) is 0 Å². The molecule has 0 spiro atoms. The van der Waals surface area contributed by atoms with Gasteiger partial charge in [-0.05, 0) is 18.2 Å². The van der Waals surface area contributed by atoms with Crippen LogP contribution in [0.5, 0.6) is 0 Å². The quantitative estimate of drug-likeness (QED) is 0.482. The van der Waals surface area contributed by atoms with E-state index < -0.39 is 30.2 Å². The third-order valence-electron chi connectivity index (χ3n) is 2.78. The zero-order valence-corrected chi connectivity index (χ0v) is 11.7. The Labute approximate surface area is 123 Å². The molecule has 4 amide bonds. The molecule has 0 bridgehead atoms. The van der Waals surface area contributed by atoms with Crippen LogP contribution in [0.4, 0.5) is 4.79 Å². The molecule has 8 heteroatoms. The molecule has 1 aromatic carbocycles. The van der Waals surface area contributed by atoms with E-state index in [1.165, 1.54) is 25.2 Å². The summed E-state index contributed by atoms with van der Waals surface area (Å²) in [5, 5.41) is 0.447. The molecule has 20 heavy (non-hydrogen) atoms. The van der Waals surface area contributed by atoms with Crippen molar-refractivity contribution in [1.82, 2.24) is 9.80 Å². The second kappa shape index (κ2) is 5.22. The van der Waals surface area contributed by atoms with Crippen molar-refractivity contribution in [2.75, 3.05) is 13.6 Å². The van der Waals surface area contributed by atoms with E-state index in [1.54, 1.807) is 0 Å². The highest BCUT2D eigenvalue weighted by Gasteiger charge is 2.43. The minimum absolute atomic E-state index is 0.0850. The lowest BCUT2D eigenvalue weighted by molar-refractivity contribution is -0.142. The van der Waals surface area contributed by atoms with Crippen LogP contribution in [-0.4, -0.2) is 47.0 Å². The lowest BCUT2D eigenvalue weighted by Gasteiger charge is -2.12. The smallest absolute Gasteiger partial charge is 0.292 e. The van der Waals surface area contributed by atoms with Crippen LogP contribution in [0.3, 0.4) is 0 Å². The summed E-state index contributed by atoms with van der Waals surface area (Å²) in [5.74, 6) is -2.59. The molecule has 0 aliphatic carbocycles. The third-order valence-corrected chi connectivity index (χ3v) is 3.35. The van der Waals surface area contributed by atoms with Gasteiger partial charge in [0.1, 0.15) is 0 Å². The number of carbonyl (C=O) groups is 4. The summed E-state index contributed by atoms with van der Waals surface area (Å²) in [6.07, 6.45) is 0. The van der Waals surface area contributed by atoms with Crippen molar-refractivity contribution in [3.05, 3.63) is 33.8 Å². The number of urea groups is 1. The van der Waals surface area contributed by atoms with E-state index in [-0.39, 0.29) is 10.6 Å². The maximum absolute atomic E-state index is 12.1. The Morgan fingerprint density at radius 1 is 1.15 bits per heavy atom. The molecule has 6 nitrogen and oxygen atoms in total. The van der Waals surface area contributed by atoms with Crippen molar-refractivity contribution < 1.29 is 19.2 Å². The number of benzene rings is 1. The Kier molecular flexibility index (Phi) is 3.78. The van der Waals surface area contributed by atoms with Crippen LogP contribution in [0.1, 0.15) is 10.4 Å². The SMILES string of the molecule is CN1C(=O)C(=O)N(CC(=O)c2cc(Cl)ccc2Cl)C1=O. The van der Waals surface area contributed by atoms with Crippen molar-refractivity contribution >= 4 is 46.8 Å². The molecule has 1 aliphatic heterocycles. The molecule has 1 fully saturated rings. The fourth-order valence-electron chi connectivity index (χ4n) is 1.69. The number of hydrogen-bond acceptors (Lipinski definition) is 4. The van der Waals surface area contributed by atoms with Gasteiger partial charge in [-0.2, -0.15) is 0 Å². The van der Waals surface area contributed by atoms with E-state index in [9.17, 15) is 19.2 Å². The van der Waals surface area contributed by atoms with Gasteiger partial charge in [0, 0.05) is 17.6 Å². The molecule has 0 aromatic heterocycles. The van der Waals surface area contributed by atoms with Crippen molar-refractivity contribution in [2.45, 2.75) is 0 Å². The molecule has 0 saturated carbocycles. The van der Waals surface area contributed by atoms with Crippen molar-refractivity contribution in [1.29, 1.82) is 0 Å². The maximum Gasteiger partial charge on any atom is 0.334 e. The lowest BCUT2D eigenvalue weighted by Crippen LogP contribution is -2.36. The predicted octanol–water partition coefficient (Wildman–Crippen LogP) is 1.60. The normalized spacial score (nSPS) is 15.2. The summed E-state index contributed by atoms with van der Waals surface area (Å²) in [6.45, 7) is -0.562. The minimum atomic E-state index is -1.04. The first-order valence-corrected chi connectivity index (χ1v) is 6.20. The third kappa shape index (κ3) is 2.39. The van der Waals surface area contributed by atoms with Crippen LogP contribution >= 0.6 is 23.2 Å². The Balaban J connectivity index is 2.24. The highest BCUT2D eigenvalue weighted by Crippen LogP contribution is 2.22. The van der Waals surface area contributed by atoms with Gasteiger partial charge in [0.2, 0.25) is 0 Å². The first-order valence-electron chi connectivity index (χ1n) is 5.44. The number of hydrogen-bond donors (Lipinski definition) is 0. The van der Waals surface area contributed by atoms with Gasteiger partial charge in [-0.25, -0.2) is 9.69 Å². The number of likely N-dealkylation sites (N-methyl/N-ethyl adjacent to an activating group) is 1. The molecular weight excluding hydrogens is 307 g/mol. The Bertz CT molecular complexity index is 644. The van der Waals surface area contributed by atoms with Crippen molar-refractivity contribution in [3.8, 4) is 0 Å². The second-order valence-electron chi connectivity index (χ2n) is 4.09. The minimum Gasteiger partial charge on any atom is -0.292 e. The number of imide groups is 2. The van der Waals surface area contributed by atoms with E-state index in [0.29, 0.717) is 14.8 Å². The second-order valence-corrected chi connectivity index (χ2v) is 4.93. The fourth-order valence-corrected chi connectivity index (χ4v) is 2.09. The lowest BCUT2D eigenvalue weighted by atomic mass is 10.1. The summed E-state index contributed by atoms with van der Waals surface area (Å²) >= 11 is 11.6. The number of amides is 4. The van der Waals surface area contributed by atoms with Crippen LogP contribution < -0.4 is 0 Å². The van der Waals surface area contributed by atoms with Gasteiger partial charge in [0.05, 0.1) is 11.6 Å². The zero-order chi connectivity index (χ0) is 15.0. The first kappa shape index (κ1) is 14.5. The fraction of sp³-hybridized carbons (Fsp3) is 0.167. The molecule has 0 unspecified atom stereocenters. The van der Waals surface area contributed by atoms with Crippen LogP contribution in [0.25, 0.3) is 0 Å². The van der Waals surface area contributed by atoms with E-state index in [4.69, 9.17) is 23.2 Å². The number of ketones is 1. The first-order chi connectivity index (χ1) is 9.32. The number of Topliss-reactive ketones (excluding diaryl/α,β-unsaturated/α-hetero) is 1. The van der Waals surface area contributed by atoms with Crippen molar-refractivity contribution in [3.63, 3.8) is 0 Å². The molecule has 2 rings (SSSR count). The van der Waals surface area contributed by atoms with E-state index in [0.717, 1.165) is 0 Å². The number of rotatable bonds is 3. The monoisotopic (exact) mass is 314 g/mol. The van der Waals surface area contributed by atoms with Gasteiger partial charge < -0.3 is 0 Å². The predicted molar refractivity (Wildman–Crippen MR) is 70.7 cm³/mol. The number of halogens is 2. The van der Waals surface area contributed by atoms with E-state index >= 15 is 0 Å². The van der Waals surface area contributed by atoms with Gasteiger partial charge >= 0.3 is 17.8 Å². The molecular formula is C12H8Cl2N2O4. The molecule has 1 saturated heterocycles. The average molecular weight is 315 g/mol.